The van der Waals surface area contributed by atoms with Crippen LogP contribution in [0.15, 0.2) is 24.3 Å². The minimum absolute atomic E-state index is 0.273. The molecule has 0 spiro atoms. The summed E-state index contributed by atoms with van der Waals surface area (Å²) in [5, 5.41) is 0. The molecule has 21 heavy (non-hydrogen) atoms. The van der Waals surface area contributed by atoms with E-state index in [1.807, 2.05) is 0 Å². The number of rotatable bonds is 0. The maximum Gasteiger partial charge on any atom is 0.338 e. The first-order valence-electron chi connectivity index (χ1n) is 7.41. The quantitative estimate of drug-likeness (QED) is 0.688. The number of hydrogen-bond donors (Lipinski definition) is 0. The van der Waals surface area contributed by atoms with Crippen molar-refractivity contribution in [3.8, 4) is 0 Å². The van der Waals surface area contributed by atoms with E-state index in [1.54, 1.807) is 24.3 Å². The molecule has 2 heterocycles. The first-order valence-corrected chi connectivity index (χ1v) is 7.41. The minimum Gasteiger partial charge on any atom is -0.462 e. The Morgan fingerprint density at radius 1 is 0.810 bits per heavy atom. The predicted molar refractivity (Wildman–Crippen MR) is 79.1 cm³/mol. The molecule has 0 fully saturated rings. The zero-order chi connectivity index (χ0) is 15.4. The largest absolute Gasteiger partial charge is 0.462 e. The SMILES string of the molecule is CC1COC(=O)c2ccc(cc2)C(=O)OCC(C)C(C)C1. The lowest BCUT2D eigenvalue weighted by molar-refractivity contribution is 0.0348. The topological polar surface area (TPSA) is 52.6 Å². The fraction of sp³-hybridized carbons (Fsp3) is 0.529. The molecular weight excluding hydrogens is 268 g/mol. The molecule has 3 atom stereocenters. The van der Waals surface area contributed by atoms with Crippen molar-refractivity contribution in [2.45, 2.75) is 27.2 Å². The van der Waals surface area contributed by atoms with Gasteiger partial charge >= 0.3 is 11.9 Å². The van der Waals surface area contributed by atoms with E-state index in [2.05, 4.69) is 20.8 Å². The zero-order valence-electron chi connectivity index (χ0n) is 12.8. The van der Waals surface area contributed by atoms with Crippen molar-refractivity contribution in [3.05, 3.63) is 35.4 Å². The molecule has 4 heteroatoms. The highest BCUT2D eigenvalue weighted by molar-refractivity contribution is 5.93. The average Bonchev–Trinajstić information content (AvgIpc) is 2.49. The Morgan fingerprint density at radius 2 is 1.29 bits per heavy atom. The van der Waals surface area contributed by atoms with Crippen molar-refractivity contribution in [3.63, 3.8) is 0 Å². The summed E-state index contributed by atoms with van der Waals surface area (Å²) in [6.07, 6.45) is 0.934. The number of benzene rings is 1. The molecule has 0 radical (unpaired) electrons. The summed E-state index contributed by atoms with van der Waals surface area (Å²) in [5.74, 6) is 0.257. The Balaban J connectivity index is 2.20. The number of carbonyl (C=O) groups is 2. The molecule has 3 unspecified atom stereocenters. The van der Waals surface area contributed by atoms with Crippen LogP contribution in [-0.4, -0.2) is 25.2 Å². The smallest absolute Gasteiger partial charge is 0.338 e. The van der Waals surface area contributed by atoms with Crippen LogP contribution < -0.4 is 0 Å². The highest BCUT2D eigenvalue weighted by Crippen LogP contribution is 2.22. The van der Waals surface area contributed by atoms with E-state index in [9.17, 15) is 9.59 Å². The summed E-state index contributed by atoms with van der Waals surface area (Å²) < 4.78 is 10.7. The summed E-state index contributed by atoms with van der Waals surface area (Å²) >= 11 is 0. The third kappa shape index (κ3) is 4.06. The highest BCUT2D eigenvalue weighted by Gasteiger charge is 2.20. The van der Waals surface area contributed by atoms with Crippen LogP contribution >= 0.6 is 0 Å². The van der Waals surface area contributed by atoms with Crippen molar-refractivity contribution in [2.24, 2.45) is 17.8 Å². The molecule has 0 aromatic heterocycles. The molecule has 3 rings (SSSR count). The van der Waals surface area contributed by atoms with Gasteiger partial charge in [-0.05, 0) is 48.4 Å². The average molecular weight is 290 g/mol. The zero-order valence-corrected chi connectivity index (χ0v) is 12.8. The second kappa shape index (κ2) is 6.74. The Bertz CT molecular complexity index is 506. The van der Waals surface area contributed by atoms with Gasteiger partial charge in [0, 0.05) is 0 Å². The molecule has 1 aromatic rings. The van der Waals surface area contributed by atoms with Gasteiger partial charge in [0.1, 0.15) is 0 Å². The number of esters is 2. The van der Waals surface area contributed by atoms with Crippen molar-refractivity contribution in [2.75, 3.05) is 13.2 Å². The molecular formula is C17H22O4. The van der Waals surface area contributed by atoms with Gasteiger partial charge in [-0.15, -0.1) is 0 Å². The van der Waals surface area contributed by atoms with E-state index >= 15 is 0 Å². The lowest BCUT2D eigenvalue weighted by Crippen LogP contribution is -2.22. The van der Waals surface area contributed by atoms with Crippen LogP contribution in [0.5, 0.6) is 0 Å². The first kappa shape index (κ1) is 15.5. The summed E-state index contributed by atoms with van der Waals surface area (Å²) in [6, 6.07) is 6.40. The summed E-state index contributed by atoms with van der Waals surface area (Å²) in [4.78, 5) is 23.9. The normalized spacial score (nSPS) is 27.7. The molecule has 0 amide bonds. The fourth-order valence-corrected chi connectivity index (χ4v) is 2.43. The Morgan fingerprint density at radius 3 is 1.81 bits per heavy atom. The lowest BCUT2D eigenvalue weighted by atomic mass is 9.88. The Kier molecular flexibility index (Phi) is 4.99. The van der Waals surface area contributed by atoms with Crippen LogP contribution in [0.2, 0.25) is 0 Å². The van der Waals surface area contributed by atoms with Crippen molar-refractivity contribution in [1.82, 2.24) is 0 Å². The van der Waals surface area contributed by atoms with Gasteiger partial charge in [-0.3, -0.25) is 0 Å². The molecule has 2 aliphatic heterocycles. The minimum atomic E-state index is -0.348. The standard InChI is InChI=1S/C17H22O4/c1-11-8-12(2)13(3)10-21-17(19)15-6-4-14(5-7-15)16(18)20-9-11/h4-7,11-13H,8-10H2,1-3H3. The second-order valence-electron chi connectivity index (χ2n) is 6.07. The van der Waals surface area contributed by atoms with E-state index in [4.69, 9.17) is 9.47 Å². The van der Waals surface area contributed by atoms with Crippen LogP contribution in [0.1, 0.15) is 47.9 Å². The molecule has 114 valence electrons. The lowest BCUT2D eigenvalue weighted by Gasteiger charge is -2.23. The summed E-state index contributed by atoms with van der Waals surface area (Å²) in [6.45, 7) is 7.10. The van der Waals surface area contributed by atoms with Gasteiger partial charge in [0.25, 0.3) is 0 Å². The summed E-state index contributed by atoms with van der Waals surface area (Å²) in [7, 11) is 0. The van der Waals surface area contributed by atoms with Gasteiger partial charge in [-0.2, -0.15) is 0 Å². The van der Waals surface area contributed by atoms with E-state index in [1.165, 1.54) is 0 Å². The predicted octanol–water partition coefficient (Wildman–Crippen LogP) is 3.31. The van der Waals surface area contributed by atoms with E-state index in [0.29, 0.717) is 30.3 Å². The molecule has 0 aliphatic carbocycles. The van der Waals surface area contributed by atoms with Gasteiger partial charge in [-0.1, -0.05) is 20.8 Å². The van der Waals surface area contributed by atoms with E-state index in [0.717, 1.165) is 6.42 Å². The maximum atomic E-state index is 12.0. The second-order valence-corrected chi connectivity index (χ2v) is 6.07. The van der Waals surface area contributed by atoms with Crippen LogP contribution in [0, 0.1) is 17.8 Å². The molecule has 1 aromatic carbocycles. The number of hydrogen-bond acceptors (Lipinski definition) is 4. The maximum absolute atomic E-state index is 12.0. The molecule has 2 aliphatic rings. The van der Waals surface area contributed by atoms with Gasteiger partial charge in [0.05, 0.1) is 24.3 Å². The number of fused-ring (bicyclic) bond motifs is 11. The Hall–Kier alpha value is -1.84. The number of ether oxygens (including phenoxy) is 2. The first-order chi connectivity index (χ1) is 9.97. The van der Waals surface area contributed by atoms with Crippen molar-refractivity contribution < 1.29 is 19.1 Å². The van der Waals surface area contributed by atoms with Crippen molar-refractivity contribution >= 4 is 11.9 Å². The van der Waals surface area contributed by atoms with Crippen LogP contribution in [0.25, 0.3) is 0 Å². The van der Waals surface area contributed by atoms with Crippen LogP contribution in [0.3, 0.4) is 0 Å². The number of carbonyl (C=O) groups excluding carboxylic acids is 2. The van der Waals surface area contributed by atoms with E-state index in [-0.39, 0.29) is 23.8 Å². The molecule has 4 nitrogen and oxygen atoms in total. The third-order valence-corrected chi connectivity index (χ3v) is 4.08. The Labute approximate surface area is 125 Å². The highest BCUT2D eigenvalue weighted by atomic mass is 16.5. The van der Waals surface area contributed by atoms with Crippen LogP contribution in [0.4, 0.5) is 0 Å². The van der Waals surface area contributed by atoms with Gasteiger partial charge in [0.2, 0.25) is 0 Å². The fourth-order valence-electron chi connectivity index (χ4n) is 2.43. The van der Waals surface area contributed by atoms with Gasteiger partial charge < -0.3 is 9.47 Å². The van der Waals surface area contributed by atoms with E-state index < -0.39 is 0 Å². The molecule has 0 N–H and O–H groups in total. The summed E-state index contributed by atoms with van der Waals surface area (Å²) in [5.41, 5.74) is 0.911. The molecule has 0 saturated heterocycles. The van der Waals surface area contributed by atoms with Gasteiger partial charge in [-0.25, -0.2) is 9.59 Å². The third-order valence-electron chi connectivity index (χ3n) is 4.08. The van der Waals surface area contributed by atoms with Crippen molar-refractivity contribution in [1.29, 1.82) is 0 Å². The van der Waals surface area contributed by atoms with Crippen LogP contribution in [-0.2, 0) is 9.47 Å². The monoisotopic (exact) mass is 290 g/mol. The molecule has 0 saturated carbocycles. The molecule has 2 bridgehead atoms. The van der Waals surface area contributed by atoms with Gasteiger partial charge in [0.15, 0.2) is 0 Å².